The maximum absolute atomic E-state index is 12.4. The molecular formula is C18H23NO3S. The van der Waals surface area contributed by atoms with Crippen molar-refractivity contribution in [3.05, 3.63) is 65.2 Å². The Labute approximate surface area is 138 Å². The van der Waals surface area contributed by atoms with Crippen molar-refractivity contribution >= 4 is 10.0 Å². The summed E-state index contributed by atoms with van der Waals surface area (Å²) in [6.45, 7) is 6.29. The third-order valence-electron chi connectivity index (χ3n) is 3.65. The van der Waals surface area contributed by atoms with Gasteiger partial charge >= 0.3 is 0 Å². The van der Waals surface area contributed by atoms with Gasteiger partial charge in [-0.05, 0) is 49.6 Å². The van der Waals surface area contributed by atoms with E-state index in [4.69, 9.17) is 4.74 Å². The van der Waals surface area contributed by atoms with E-state index >= 15 is 0 Å². The van der Waals surface area contributed by atoms with E-state index < -0.39 is 10.0 Å². The van der Waals surface area contributed by atoms with Crippen LogP contribution < -0.4 is 9.46 Å². The van der Waals surface area contributed by atoms with Crippen molar-refractivity contribution in [2.45, 2.75) is 32.6 Å². The van der Waals surface area contributed by atoms with Crippen molar-refractivity contribution in [3.63, 3.8) is 0 Å². The average molecular weight is 333 g/mol. The Hall–Kier alpha value is -1.85. The Kier molecular flexibility index (Phi) is 5.80. The molecule has 2 rings (SSSR count). The molecule has 0 aromatic heterocycles. The molecule has 4 nitrogen and oxygen atoms in total. The van der Waals surface area contributed by atoms with Gasteiger partial charge in [0, 0.05) is 6.04 Å². The Balaban J connectivity index is 2.06. The van der Waals surface area contributed by atoms with E-state index in [9.17, 15) is 8.42 Å². The van der Waals surface area contributed by atoms with Crippen LogP contribution in [0.3, 0.4) is 0 Å². The van der Waals surface area contributed by atoms with Crippen LogP contribution >= 0.6 is 0 Å². The molecule has 0 bridgehead atoms. The Morgan fingerprint density at radius 2 is 1.74 bits per heavy atom. The van der Waals surface area contributed by atoms with Gasteiger partial charge in [0.2, 0.25) is 10.0 Å². The predicted octanol–water partition coefficient (Wildman–Crippen LogP) is 3.57. The van der Waals surface area contributed by atoms with Crippen LogP contribution in [0, 0.1) is 6.92 Å². The highest BCUT2D eigenvalue weighted by molar-refractivity contribution is 7.88. The standard InChI is InChI=1S/C18H23NO3S/c1-4-22-18-11-9-16(10-12-18)15(3)19-23(20,21)13-17-8-6-5-7-14(17)2/h5-12,15,19H,4,13H2,1-3H3/t15-/m1/s1. The lowest BCUT2D eigenvalue weighted by molar-refractivity contribution is 0.340. The largest absolute Gasteiger partial charge is 0.494 e. The van der Waals surface area contributed by atoms with Crippen molar-refractivity contribution in [2.75, 3.05) is 6.61 Å². The SMILES string of the molecule is CCOc1ccc([C@@H](C)NS(=O)(=O)Cc2ccccc2C)cc1. The maximum atomic E-state index is 12.4. The zero-order valence-corrected chi connectivity index (χ0v) is 14.6. The van der Waals surface area contributed by atoms with Crippen LogP contribution in [0.4, 0.5) is 0 Å². The number of aryl methyl sites for hydroxylation is 1. The Morgan fingerprint density at radius 1 is 1.09 bits per heavy atom. The highest BCUT2D eigenvalue weighted by Gasteiger charge is 2.17. The molecule has 23 heavy (non-hydrogen) atoms. The maximum Gasteiger partial charge on any atom is 0.216 e. The van der Waals surface area contributed by atoms with Gasteiger partial charge in [0.05, 0.1) is 12.4 Å². The average Bonchev–Trinajstić information content (AvgIpc) is 2.50. The topological polar surface area (TPSA) is 55.4 Å². The molecule has 0 saturated heterocycles. The van der Waals surface area contributed by atoms with Crippen LogP contribution in [-0.4, -0.2) is 15.0 Å². The third-order valence-corrected chi connectivity index (χ3v) is 5.06. The highest BCUT2D eigenvalue weighted by atomic mass is 32.2. The summed E-state index contributed by atoms with van der Waals surface area (Å²) in [5.74, 6) is 0.771. The van der Waals surface area contributed by atoms with Gasteiger partial charge < -0.3 is 4.74 Å². The van der Waals surface area contributed by atoms with Gasteiger partial charge in [-0.25, -0.2) is 13.1 Å². The summed E-state index contributed by atoms with van der Waals surface area (Å²) in [5.41, 5.74) is 2.70. The Morgan fingerprint density at radius 3 is 2.35 bits per heavy atom. The van der Waals surface area contributed by atoms with Crippen molar-refractivity contribution < 1.29 is 13.2 Å². The predicted molar refractivity (Wildman–Crippen MR) is 93.0 cm³/mol. The van der Waals surface area contributed by atoms with Crippen LogP contribution in [0.25, 0.3) is 0 Å². The molecule has 124 valence electrons. The van der Waals surface area contributed by atoms with Crippen LogP contribution in [0.15, 0.2) is 48.5 Å². The van der Waals surface area contributed by atoms with E-state index in [1.54, 1.807) is 0 Å². The number of ether oxygens (including phenoxy) is 1. The quantitative estimate of drug-likeness (QED) is 0.843. The lowest BCUT2D eigenvalue weighted by atomic mass is 10.1. The molecular weight excluding hydrogens is 310 g/mol. The molecule has 0 spiro atoms. The first-order valence-corrected chi connectivity index (χ1v) is 9.34. The smallest absolute Gasteiger partial charge is 0.216 e. The van der Waals surface area contributed by atoms with Crippen molar-refractivity contribution in [3.8, 4) is 5.75 Å². The molecule has 0 radical (unpaired) electrons. The summed E-state index contributed by atoms with van der Waals surface area (Å²) in [7, 11) is -3.41. The van der Waals surface area contributed by atoms with Gasteiger partial charge in [-0.1, -0.05) is 36.4 Å². The fourth-order valence-corrected chi connectivity index (χ4v) is 3.87. The minimum Gasteiger partial charge on any atom is -0.494 e. The summed E-state index contributed by atoms with van der Waals surface area (Å²) >= 11 is 0. The first kappa shape index (κ1) is 17.5. The van der Waals surface area contributed by atoms with E-state index in [0.717, 1.165) is 22.4 Å². The number of rotatable bonds is 7. The van der Waals surface area contributed by atoms with Crippen LogP contribution in [0.1, 0.15) is 36.6 Å². The van der Waals surface area contributed by atoms with E-state index in [2.05, 4.69) is 4.72 Å². The number of hydrogen-bond acceptors (Lipinski definition) is 3. The number of nitrogens with one attached hydrogen (secondary N) is 1. The van der Waals surface area contributed by atoms with Gasteiger partial charge in [0.1, 0.15) is 5.75 Å². The molecule has 1 atom stereocenters. The number of sulfonamides is 1. The fourth-order valence-electron chi connectivity index (χ4n) is 2.38. The van der Waals surface area contributed by atoms with Crippen LogP contribution in [0.2, 0.25) is 0 Å². The van der Waals surface area contributed by atoms with Gasteiger partial charge in [0.25, 0.3) is 0 Å². The normalized spacial score (nSPS) is 12.8. The van der Waals surface area contributed by atoms with Gasteiger partial charge in [0.15, 0.2) is 0 Å². The van der Waals surface area contributed by atoms with E-state index in [1.165, 1.54) is 0 Å². The zero-order chi connectivity index (χ0) is 16.9. The molecule has 0 unspecified atom stereocenters. The fraction of sp³-hybridized carbons (Fsp3) is 0.333. The van der Waals surface area contributed by atoms with Gasteiger partial charge in [-0.15, -0.1) is 0 Å². The summed E-state index contributed by atoms with van der Waals surface area (Å²) in [4.78, 5) is 0. The molecule has 2 aromatic rings. The number of hydrogen-bond donors (Lipinski definition) is 1. The van der Waals surface area contributed by atoms with E-state index in [-0.39, 0.29) is 11.8 Å². The molecule has 0 amide bonds. The minimum atomic E-state index is -3.41. The van der Waals surface area contributed by atoms with E-state index in [0.29, 0.717) is 6.61 Å². The Bertz CT molecular complexity index is 739. The lowest BCUT2D eigenvalue weighted by Gasteiger charge is -2.16. The van der Waals surface area contributed by atoms with Crippen LogP contribution in [-0.2, 0) is 15.8 Å². The van der Waals surface area contributed by atoms with Crippen molar-refractivity contribution in [1.29, 1.82) is 0 Å². The molecule has 0 aliphatic rings. The van der Waals surface area contributed by atoms with Gasteiger partial charge in [-0.3, -0.25) is 0 Å². The lowest BCUT2D eigenvalue weighted by Crippen LogP contribution is -2.28. The second kappa shape index (κ2) is 7.62. The molecule has 0 aliphatic heterocycles. The molecule has 5 heteroatoms. The summed E-state index contributed by atoms with van der Waals surface area (Å²) in [6, 6.07) is 14.7. The molecule has 2 aromatic carbocycles. The van der Waals surface area contributed by atoms with Crippen molar-refractivity contribution in [1.82, 2.24) is 4.72 Å². The molecule has 0 heterocycles. The zero-order valence-electron chi connectivity index (χ0n) is 13.7. The second-order valence-corrected chi connectivity index (χ2v) is 7.28. The summed E-state index contributed by atoms with van der Waals surface area (Å²) in [5, 5.41) is 0. The highest BCUT2D eigenvalue weighted by Crippen LogP contribution is 2.19. The molecule has 0 saturated carbocycles. The monoisotopic (exact) mass is 333 g/mol. The summed E-state index contributed by atoms with van der Waals surface area (Å²) < 4.78 is 32.9. The minimum absolute atomic E-state index is 0.0129. The molecule has 0 aliphatic carbocycles. The number of benzene rings is 2. The van der Waals surface area contributed by atoms with E-state index in [1.807, 2.05) is 69.3 Å². The molecule has 1 N–H and O–H groups in total. The molecule has 0 fully saturated rings. The second-order valence-electron chi connectivity index (χ2n) is 5.53. The van der Waals surface area contributed by atoms with Crippen molar-refractivity contribution in [2.24, 2.45) is 0 Å². The van der Waals surface area contributed by atoms with Gasteiger partial charge in [-0.2, -0.15) is 0 Å². The first-order valence-electron chi connectivity index (χ1n) is 7.68. The first-order chi connectivity index (χ1) is 10.9. The third kappa shape index (κ3) is 5.08. The van der Waals surface area contributed by atoms with Crippen LogP contribution in [0.5, 0.6) is 5.75 Å². The summed E-state index contributed by atoms with van der Waals surface area (Å²) in [6.07, 6.45) is 0.